The van der Waals surface area contributed by atoms with Crippen molar-refractivity contribution in [2.45, 2.75) is 37.3 Å². The van der Waals surface area contributed by atoms with Crippen molar-refractivity contribution in [2.75, 3.05) is 52.9 Å². The third kappa shape index (κ3) is 5.46. The van der Waals surface area contributed by atoms with Crippen LogP contribution in [-0.2, 0) is 34.5 Å². The van der Waals surface area contributed by atoms with E-state index in [4.69, 9.17) is 23.7 Å². The summed E-state index contributed by atoms with van der Waals surface area (Å²) >= 11 is 0. The van der Waals surface area contributed by atoms with Crippen LogP contribution in [0.25, 0.3) is 0 Å². The Morgan fingerprint density at radius 1 is 0.818 bits per heavy atom. The molecule has 2 aromatic carbocycles. The highest BCUT2D eigenvalue weighted by Gasteiger charge is 2.35. The van der Waals surface area contributed by atoms with Crippen LogP contribution in [0.4, 0.5) is 0 Å². The smallest absolute Gasteiger partial charge is 0.184 e. The van der Waals surface area contributed by atoms with Crippen molar-refractivity contribution in [1.82, 2.24) is 0 Å². The minimum Gasteiger partial charge on any atom is -0.395 e. The quantitative estimate of drug-likeness (QED) is 0.688. The van der Waals surface area contributed by atoms with Gasteiger partial charge in [0, 0.05) is 22.0 Å². The molecule has 3 saturated heterocycles. The van der Waals surface area contributed by atoms with Crippen LogP contribution in [0.1, 0.15) is 48.7 Å². The Bertz CT molecular complexity index is 895. The van der Waals surface area contributed by atoms with E-state index in [1.54, 1.807) is 0 Å². The van der Waals surface area contributed by atoms with Crippen molar-refractivity contribution in [1.29, 1.82) is 0 Å². The van der Waals surface area contributed by atoms with Gasteiger partial charge in [-0.2, -0.15) is 0 Å². The first-order chi connectivity index (χ1) is 16.0. The van der Waals surface area contributed by atoms with E-state index in [0.29, 0.717) is 26.4 Å². The summed E-state index contributed by atoms with van der Waals surface area (Å²) in [6, 6.07) is 16.1. The van der Waals surface area contributed by atoms with E-state index in [9.17, 15) is 10.2 Å². The Morgan fingerprint density at radius 2 is 1.33 bits per heavy atom. The number of benzene rings is 2. The van der Waals surface area contributed by atoms with Gasteiger partial charge in [0.1, 0.15) is 0 Å². The predicted octanol–water partition coefficient (Wildman–Crippen LogP) is 2.99. The molecule has 7 nitrogen and oxygen atoms in total. The molecular formula is C26H34O7. The third-order valence-corrected chi connectivity index (χ3v) is 6.49. The number of hydrogen-bond donors (Lipinski definition) is 2. The van der Waals surface area contributed by atoms with Crippen LogP contribution < -0.4 is 0 Å². The molecule has 2 N–H and O–H groups in total. The van der Waals surface area contributed by atoms with Gasteiger partial charge in [0.25, 0.3) is 0 Å². The maximum Gasteiger partial charge on any atom is 0.184 e. The molecule has 2 aromatic rings. The molecule has 3 fully saturated rings. The lowest BCUT2D eigenvalue weighted by Gasteiger charge is -2.38. The van der Waals surface area contributed by atoms with Crippen molar-refractivity contribution in [2.24, 2.45) is 0 Å². The minimum atomic E-state index is -0.630. The van der Waals surface area contributed by atoms with Crippen LogP contribution in [0.5, 0.6) is 0 Å². The van der Waals surface area contributed by atoms with E-state index >= 15 is 0 Å². The Labute approximate surface area is 195 Å². The van der Waals surface area contributed by atoms with Gasteiger partial charge >= 0.3 is 0 Å². The molecule has 0 radical (unpaired) electrons. The Kier molecular flexibility index (Phi) is 7.81. The zero-order chi connectivity index (χ0) is 23.3. The average Bonchev–Trinajstić information content (AvgIpc) is 3.57. The number of ether oxygens (including phenoxy) is 5. The number of hydrogen-bond acceptors (Lipinski definition) is 7. The first-order valence-corrected chi connectivity index (χ1v) is 11.4. The van der Waals surface area contributed by atoms with Crippen molar-refractivity contribution in [3.05, 3.63) is 70.8 Å². The largest absolute Gasteiger partial charge is 0.395 e. The summed E-state index contributed by atoms with van der Waals surface area (Å²) in [5.41, 5.74) is 3.79. The summed E-state index contributed by atoms with van der Waals surface area (Å²) in [6.45, 7) is 8.06. The van der Waals surface area contributed by atoms with Crippen LogP contribution >= 0.6 is 0 Å². The molecule has 0 bridgehead atoms. The molecule has 3 aliphatic heterocycles. The van der Waals surface area contributed by atoms with Gasteiger partial charge in [-0.25, -0.2) is 0 Å². The predicted molar refractivity (Wildman–Crippen MR) is 122 cm³/mol. The second-order valence-electron chi connectivity index (χ2n) is 9.33. The molecule has 0 saturated carbocycles. The highest BCUT2D eigenvalue weighted by atomic mass is 16.7. The molecule has 3 aliphatic rings. The summed E-state index contributed by atoms with van der Waals surface area (Å²) in [5, 5.41) is 18.7. The standard InChI is InChI=1S/C13H18O4.C13H16O3/c1-13(8-14,9-15)11-4-2-3-10(7-11)12-16-5-6-17-12;1-13(8-14-9-13)11-4-2-3-10(7-11)12-15-5-6-16-12/h2-4,7,12,14-15H,5-6,8-9H2,1H3;2-4,7,12H,5-6,8-9H2,1H3. The topological polar surface area (TPSA) is 86.6 Å². The van der Waals surface area contributed by atoms with Crippen molar-refractivity contribution in [3.8, 4) is 0 Å². The normalized spacial score (nSPS) is 20.8. The van der Waals surface area contributed by atoms with Crippen LogP contribution in [-0.4, -0.2) is 63.1 Å². The second-order valence-corrected chi connectivity index (χ2v) is 9.33. The number of rotatable bonds is 6. The summed E-state index contributed by atoms with van der Waals surface area (Å²) in [7, 11) is 0. The molecule has 3 heterocycles. The van der Waals surface area contributed by atoms with Crippen LogP contribution in [0.3, 0.4) is 0 Å². The minimum absolute atomic E-state index is 0.0979. The fraction of sp³-hybridized carbons (Fsp3) is 0.538. The highest BCUT2D eigenvalue weighted by Crippen LogP contribution is 2.34. The first kappa shape index (κ1) is 24.3. The summed E-state index contributed by atoms with van der Waals surface area (Å²) in [6.07, 6.45) is -0.499. The maximum atomic E-state index is 9.37. The zero-order valence-corrected chi connectivity index (χ0v) is 19.4. The molecule has 7 heteroatoms. The Balaban J connectivity index is 0.000000157. The fourth-order valence-corrected chi connectivity index (χ4v) is 4.03. The van der Waals surface area contributed by atoms with Crippen molar-refractivity contribution in [3.63, 3.8) is 0 Å². The highest BCUT2D eigenvalue weighted by molar-refractivity contribution is 5.32. The lowest BCUT2D eigenvalue weighted by atomic mass is 9.80. The monoisotopic (exact) mass is 458 g/mol. The van der Waals surface area contributed by atoms with Gasteiger partial charge in [-0.3, -0.25) is 0 Å². The zero-order valence-electron chi connectivity index (χ0n) is 19.4. The van der Waals surface area contributed by atoms with Crippen LogP contribution in [0.15, 0.2) is 48.5 Å². The summed E-state index contributed by atoms with van der Waals surface area (Å²) in [4.78, 5) is 0. The van der Waals surface area contributed by atoms with Gasteiger partial charge in [-0.05, 0) is 11.1 Å². The molecular weight excluding hydrogens is 424 g/mol. The molecule has 0 spiro atoms. The van der Waals surface area contributed by atoms with E-state index in [1.807, 2.05) is 31.2 Å². The molecule has 33 heavy (non-hydrogen) atoms. The number of aliphatic hydroxyl groups excluding tert-OH is 2. The first-order valence-electron chi connectivity index (χ1n) is 11.4. The lowest BCUT2D eigenvalue weighted by Crippen LogP contribution is -2.43. The van der Waals surface area contributed by atoms with E-state index in [1.165, 1.54) is 5.56 Å². The molecule has 5 rings (SSSR count). The molecule has 0 aliphatic carbocycles. The van der Waals surface area contributed by atoms with Crippen LogP contribution in [0.2, 0.25) is 0 Å². The van der Waals surface area contributed by atoms with Gasteiger partial charge < -0.3 is 33.9 Å². The van der Waals surface area contributed by atoms with Crippen LogP contribution in [0, 0.1) is 0 Å². The van der Waals surface area contributed by atoms with Gasteiger partial charge in [0.05, 0.1) is 52.9 Å². The summed E-state index contributed by atoms with van der Waals surface area (Å²) < 4.78 is 27.2. The van der Waals surface area contributed by atoms with Crippen molar-refractivity contribution >= 4 is 0 Å². The van der Waals surface area contributed by atoms with Gasteiger partial charge in [-0.1, -0.05) is 62.4 Å². The van der Waals surface area contributed by atoms with E-state index in [-0.39, 0.29) is 31.2 Å². The van der Waals surface area contributed by atoms with E-state index in [2.05, 4.69) is 31.2 Å². The van der Waals surface area contributed by atoms with Gasteiger partial charge in [0.15, 0.2) is 12.6 Å². The Hall–Kier alpha value is -1.84. The van der Waals surface area contributed by atoms with E-state index in [0.717, 1.165) is 29.9 Å². The fourth-order valence-electron chi connectivity index (χ4n) is 4.03. The van der Waals surface area contributed by atoms with Gasteiger partial charge in [-0.15, -0.1) is 0 Å². The molecule has 0 unspecified atom stereocenters. The second kappa shape index (κ2) is 10.6. The van der Waals surface area contributed by atoms with Gasteiger partial charge in [0.2, 0.25) is 0 Å². The summed E-state index contributed by atoms with van der Waals surface area (Å²) in [5.74, 6) is 0. The Morgan fingerprint density at radius 3 is 1.82 bits per heavy atom. The maximum absolute atomic E-state index is 9.37. The average molecular weight is 459 g/mol. The van der Waals surface area contributed by atoms with Crippen molar-refractivity contribution < 1.29 is 33.9 Å². The molecule has 180 valence electrons. The van der Waals surface area contributed by atoms with E-state index < -0.39 is 5.41 Å². The lowest BCUT2D eigenvalue weighted by molar-refractivity contribution is -0.0523. The SMILES string of the molecule is CC(CO)(CO)c1cccc(C2OCCO2)c1.CC1(c2cccc(C3OCCO3)c2)COC1. The molecule has 0 amide bonds. The molecule has 0 atom stereocenters. The number of aliphatic hydroxyl groups is 2. The third-order valence-electron chi connectivity index (χ3n) is 6.49. The molecule has 0 aromatic heterocycles.